The highest BCUT2D eigenvalue weighted by atomic mass is 15.2. The summed E-state index contributed by atoms with van der Waals surface area (Å²) in [6.45, 7) is 31.9. The predicted octanol–water partition coefficient (Wildman–Crippen LogP) is 9.47. The van der Waals surface area contributed by atoms with Gasteiger partial charge in [0.1, 0.15) is 0 Å². The molecule has 1 heteroatoms. The average Bonchev–Trinajstić information content (AvgIpc) is 2.95. The lowest BCUT2D eigenvalue weighted by Crippen LogP contribution is -2.39. The van der Waals surface area contributed by atoms with Crippen molar-refractivity contribution in [3.8, 4) is 0 Å². The van der Waals surface area contributed by atoms with Gasteiger partial charge >= 0.3 is 0 Å². The number of nitrogens with zero attached hydrogens (tertiary/aromatic N) is 1. The molecule has 0 aromatic heterocycles. The molecule has 1 saturated heterocycles. The first-order chi connectivity index (χ1) is 15.4. The minimum Gasteiger partial charge on any atom is -0.365 e. The number of benzene rings is 2. The van der Waals surface area contributed by atoms with Crippen LogP contribution in [0.25, 0.3) is 0 Å². The molecule has 1 nitrogen and oxygen atoms in total. The zero-order valence-corrected chi connectivity index (χ0v) is 24.5. The normalized spacial score (nSPS) is 21.1. The van der Waals surface area contributed by atoms with Crippen LogP contribution in [0.5, 0.6) is 0 Å². The van der Waals surface area contributed by atoms with E-state index in [9.17, 15) is 0 Å². The van der Waals surface area contributed by atoms with Crippen molar-refractivity contribution in [1.29, 1.82) is 0 Å². The second-order valence-electron chi connectivity index (χ2n) is 14.5. The van der Waals surface area contributed by atoms with Gasteiger partial charge in [-0.05, 0) is 70.8 Å². The highest BCUT2D eigenvalue weighted by molar-refractivity contribution is 5.65. The Hall–Kier alpha value is -1.76. The lowest BCUT2D eigenvalue weighted by Gasteiger charge is -2.38. The molecule has 188 valence electrons. The standard InChI is InChI=1S/C33H51N/c1-22(2)27-15-14-16-28(23(3)4)29(27)34-21-33(13,20-32(34,11)12)26-18-24(30(5,6)7)17-25(19-26)31(8,9)10/h14-19,22-23H,20-21H2,1-13H3/t33-/m0/s1. The van der Waals surface area contributed by atoms with E-state index in [2.05, 4.69) is 131 Å². The Kier molecular flexibility index (Phi) is 6.88. The summed E-state index contributed by atoms with van der Waals surface area (Å²) in [5, 5.41) is 0. The SMILES string of the molecule is CC(C)c1cccc(C(C)C)c1N1C[C@@](C)(c2cc(C(C)(C)C)cc(C(C)(C)C)c2)CC1(C)C. The number of para-hydroxylation sites is 1. The first-order valence-electron chi connectivity index (χ1n) is 13.4. The number of rotatable bonds is 4. The average molecular weight is 462 g/mol. The van der Waals surface area contributed by atoms with Gasteiger partial charge in [-0.1, -0.05) is 113 Å². The van der Waals surface area contributed by atoms with Crippen LogP contribution >= 0.6 is 0 Å². The van der Waals surface area contributed by atoms with E-state index < -0.39 is 0 Å². The van der Waals surface area contributed by atoms with Gasteiger partial charge in [-0.15, -0.1) is 0 Å². The molecular weight excluding hydrogens is 410 g/mol. The Morgan fingerprint density at radius 1 is 0.735 bits per heavy atom. The molecule has 0 bridgehead atoms. The first-order valence-corrected chi connectivity index (χ1v) is 13.4. The van der Waals surface area contributed by atoms with Crippen LogP contribution in [0, 0.1) is 0 Å². The maximum atomic E-state index is 2.76. The molecule has 1 heterocycles. The van der Waals surface area contributed by atoms with Gasteiger partial charge in [0.15, 0.2) is 0 Å². The van der Waals surface area contributed by atoms with E-state index in [-0.39, 0.29) is 21.8 Å². The lowest BCUT2D eigenvalue weighted by atomic mass is 9.72. The molecule has 0 radical (unpaired) electrons. The quantitative estimate of drug-likeness (QED) is 0.438. The summed E-state index contributed by atoms with van der Waals surface area (Å²) >= 11 is 0. The van der Waals surface area contributed by atoms with Gasteiger partial charge in [0.2, 0.25) is 0 Å². The topological polar surface area (TPSA) is 3.24 Å². The summed E-state index contributed by atoms with van der Waals surface area (Å²) in [6, 6.07) is 14.5. The third kappa shape index (κ3) is 5.09. The molecule has 0 saturated carbocycles. The monoisotopic (exact) mass is 461 g/mol. The van der Waals surface area contributed by atoms with Crippen molar-refractivity contribution >= 4 is 5.69 Å². The summed E-state index contributed by atoms with van der Waals surface area (Å²) in [5.41, 5.74) is 9.34. The van der Waals surface area contributed by atoms with Crippen molar-refractivity contribution < 1.29 is 0 Å². The lowest BCUT2D eigenvalue weighted by molar-refractivity contribution is 0.442. The van der Waals surface area contributed by atoms with Gasteiger partial charge < -0.3 is 4.90 Å². The van der Waals surface area contributed by atoms with E-state index in [0.717, 1.165) is 13.0 Å². The molecule has 2 aromatic carbocycles. The fourth-order valence-corrected chi connectivity index (χ4v) is 5.91. The first kappa shape index (κ1) is 26.8. The van der Waals surface area contributed by atoms with Crippen LogP contribution in [-0.4, -0.2) is 12.1 Å². The number of hydrogen-bond acceptors (Lipinski definition) is 1. The van der Waals surface area contributed by atoms with Crippen molar-refractivity contribution in [3.05, 3.63) is 64.2 Å². The van der Waals surface area contributed by atoms with E-state index in [1.54, 1.807) is 0 Å². The Bertz CT molecular complexity index is 967. The van der Waals surface area contributed by atoms with Crippen molar-refractivity contribution in [2.24, 2.45) is 0 Å². The molecule has 1 aliphatic rings. The summed E-state index contributed by atoms with van der Waals surface area (Å²) < 4.78 is 0. The van der Waals surface area contributed by atoms with Crippen molar-refractivity contribution in [2.45, 2.75) is 130 Å². The largest absolute Gasteiger partial charge is 0.365 e. The van der Waals surface area contributed by atoms with Crippen LogP contribution in [0.15, 0.2) is 36.4 Å². The minimum atomic E-state index is 0.0863. The Balaban J connectivity index is 2.20. The van der Waals surface area contributed by atoms with Gasteiger partial charge in [-0.25, -0.2) is 0 Å². The molecule has 0 aliphatic carbocycles. The van der Waals surface area contributed by atoms with Gasteiger partial charge in [0.25, 0.3) is 0 Å². The fraction of sp³-hybridized carbons (Fsp3) is 0.636. The molecule has 0 N–H and O–H groups in total. The van der Waals surface area contributed by atoms with Gasteiger partial charge in [-0.3, -0.25) is 0 Å². The maximum absolute atomic E-state index is 2.76. The van der Waals surface area contributed by atoms with Crippen molar-refractivity contribution in [1.82, 2.24) is 0 Å². The van der Waals surface area contributed by atoms with Gasteiger partial charge in [0, 0.05) is 23.2 Å². The highest BCUT2D eigenvalue weighted by Gasteiger charge is 2.48. The molecule has 34 heavy (non-hydrogen) atoms. The fourth-order valence-electron chi connectivity index (χ4n) is 5.91. The molecule has 1 atom stereocenters. The smallest absolute Gasteiger partial charge is 0.0441 e. The maximum Gasteiger partial charge on any atom is 0.0441 e. The molecular formula is C33H51N. The van der Waals surface area contributed by atoms with E-state index in [1.807, 2.05) is 0 Å². The Morgan fingerprint density at radius 3 is 1.56 bits per heavy atom. The van der Waals surface area contributed by atoms with Crippen LogP contribution in [0.1, 0.15) is 136 Å². The molecule has 1 fully saturated rings. The predicted molar refractivity (Wildman–Crippen MR) is 152 cm³/mol. The zero-order valence-electron chi connectivity index (χ0n) is 24.5. The van der Waals surface area contributed by atoms with E-state index in [0.29, 0.717) is 11.8 Å². The molecule has 0 spiro atoms. The highest BCUT2D eigenvalue weighted by Crippen LogP contribution is 2.50. The summed E-state index contributed by atoms with van der Waals surface area (Å²) in [7, 11) is 0. The van der Waals surface area contributed by atoms with E-state index >= 15 is 0 Å². The second-order valence-corrected chi connectivity index (χ2v) is 14.5. The number of anilines is 1. The summed E-state index contributed by atoms with van der Waals surface area (Å²) in [4.78, 5) is 2.76. The van der Waals surface area contributed by atoms with Crippen LogP contribution in [0.3, 0.4) is 0 Å². The van der Waals surface area contributed by atoms with E-state index in [4.69, 9.17) is 0 Å². The van der Waals surface area contributed by atoms with Crippen LogP contribution in [-0.2, 0) is 16.2 Å². The minimum absolute atomic E-state index is 0.0863. The third-order valence-corrected chi connectivity index (χ3v) is 8.03. The second kappa shape index (κ2) is 8.72. The molecule has 0 unspecified atom stereocenters. The molecule has 0 amide bonds. The summed E-state index contributed by atoms with van der Waals surface area (Å²) in [5.74, 6) is 1.01. The van der Waals surface area contributed by atoms with Crippen LogP contribution in [0.4, 0.5) is 5.69 Å². The third-order valence-electron chi connectivity index (χ3n) is 8.03. The van der Waals surface area contributed by atoms with Crippen LogP contribution in [0.2, 0.25) is 0 Å². The molecule has 3 rings (SSSR count). The van der Waals surface area contributed by atoms with Gasteiger partial charge in [-0.2, -0.15) is 0 Å². The van der Waals surface area contributed by atoms with Gasteiger partial charge in [0.05, 0.1) is 0 Å². The van der Waals surface area contributed by atoms with Crippen LogP contribution < -0.4 is 4.90 Å². The Labute approximate surface area is 211 Å². The zero-order chi connectivity index (χ0) is 25.9. The number of hydrogen-bond donors (Lipinski definition) is 0. The molecule has 2 aromatic rings. The summed E-state index contributed by atoms with van der Waals surface area (Å²) in [6.07, 6.45) is 1.15. The van der Waals surface area contributed by atoms with E-state index in [1.165, 1.54) is 33.5 Å². The van der Waals surface area contributed by atoms with Crippen molar-refractivity contribution in [3.63, 3.8) is 0 Å². The molecule has 1 aliphatic heterocycles. The Morgan fingerprint density at radius 2 is 1.18 bits per heavy atom. The van der Waals surface area contributed by atoms with Crippen molar-refractivity contribution in [2.75, 3.05) is 11.4 Å².